The Morgan fingerprint density at radius 3 is 2.86 bits per heavy atom. The molecule has 0 amide bonds. The van der Waals surface area contributed by atoms with Crippen LogP contribution in [0.2, 0.25) is 0 Å². The van der Waals surface area contributed by atoms with Gasteiger partial charge in [0.1, 0.15) is 11.3 Å². The third-order valence-corrected chi connectivity index (χ3v) is 4.24. The van der Waals surface area contributed by atoms with Crippen LogP contribution >= 0.6 is 15.9 Å². The number of aromatic nitrogens is 2. The maximum absolute atomic E-state index is 6.04. The lowest BCUT2D eigenvalue weighted by Gasteiger charge is -2.09. The Hall–Kier alpha value is -1.94. The largest absolute Gasteiger partial charge is 0.455 e. The van der Waals surface area contributed by atoms with Crippen molar-refractivity contribution >= 4 is 27.0 Å². The van der Waals surface area contributed by atoms with E-state index in [0.717, 1.165) is 33.4 Å². The van der Waals surface area contributed by atoms with E-state index < -0.39 is 0 Å². The highest BCUT2D eigenvalue weighted by Gasteiger charge is 2.12. The van der Waals surface area contributed by atoms with Crippen molar-refractivity contribution in [2.75, 3.05) is 0 Å². The molecule has 1 aliphatic rings. The molecule has 0 aliphatic heterocycles. The molecule has 4 rings (SSSR count). The summed E-state index contributed by atoms with van der Waals surface area (Å²) in [6.07, 6.45) is 7.09. The predicted molar refractivity (Wildman–Crippen MR) is 85.8 cm³/mol. The Bertz CT molecular complexity index is 832. The Morgan fingerprint density at radius 2 is 1.90 bits per heavy atom. The van der Waals surface area contributed by atoms with Crippen LogP contribution in [0.1, 0.15) is 17.5 Å². The van der Waals surface area contributed by atoms with Crippen molar-refractivity contribution in [3.8, 4) is 11.5 Å². The highest BCUT2D eigenvalue weighted by molar-refractivity contribution is 9.10. The Kier molecular flexibility index (Phi) is 3.11. The third-order valence-electron chi connectivity index (χ3n) is 3.80. The standard InChI is InChI=1S/C17H13BrN2O/c18-13-9-15-17(20-10-13)16(6-7-19-15)21-14-5-4-11-2-1-3-12(11)8-14/h4-10H,1-3H2. The molecule has 2 heterocycles. The molecule has 0 atom stereocenters. The zero-order valence-corrected chi connectivity index (χ0v) is 12.9. The van der Waals surface area contributed by atoms with Gasteiger partial charge in [-0.2, -0.15) is 0 Å². The van der Waals surface area contributed by atoms with Crippen molar-refractivity contribution in [3.05, 3.63) is 58.3 Å². The summed E-state index contributed by atoms with van der Waals surface area (Å²) in [7, 11) is 0. The third kappa shape index (κ3) is 2.40. The van der Waals surface area contributed by atoms with E-state index in [4.69, 9.17) is 4.74 Å². The summed E-state index contributed by atoms with van der Waals surface area (Å²) in [5.74, 6) is 1.61. The quantitative estimate of drug-likeness (QED) is 0.679. The van der Waals surface area contributed by atoms with Crippen molar-refractivity contribution < 1.29 is 4.74 Å². The zero-order chi connectivity index (χ0) is 14.2. The van der Waals surface area contributed by atoms with Crippen LogP contribution in [0, 0.1) is 0 Å². The minimum Gasteiger partial charge on any atom is -0.455 e. The normalized spacial score (nSPS) is 13.4. The molecule has 0 saturated carbocycles. The number of nitrogens with zero attached hydrogens (tertiary/aromatic N) is 2. The molecule has 104 valence electrons. The molecule has 1 aliphatic carbocycles. The SMILES string of the molecule is Brc1cnc2c(Oc3ccc4c(c3)CCC4)ccnc2c1. The van der Waals surface area contributed by atoms with E-state index in [0.29, 0.717) is 0 Å². The highest BCUT2D eigenvalue weighted by atomic mass is 79.9. The average Bonchev–Trinajstić information content (AvgIpc) is 2.95. The van der Waals surface area contributed by atoms with Gasteiger partial charge >= 0.3 is 0 Å². The molecular weight excluding hydrogens is 328 g/mol. The summed E-state index contributed by atoms with van der Waals surface area (Å²) in [4.78, 5) is 8.74. The van der Waals surface area contributed by atoms with Gasteiger partial charge in [0.05, 0.1) is 5.52 Å². The van der Waals surface area contributed by atoms with E-state index in [1.165, 1.54) is 24.0 Å². The maximum Gasteiger partial charge on any atom is 0.156 e. The number of benzene rings is 1. The number of ether oxygens (including phenoxy) is 1. The molecule has 0 radical (unpaired) electrons. The van der Waals surface area contributed by atoms with Crippen LogP contribution in [0.4, 0.5) is 0 Å². The van der Waals surface area contributed by atoms with Gasteiger partial charge in [0.15, 0.2) is 5.75 Å². The fraction of sp³-hybridized carbons (Fsp3) is 0.176. The summed E-state index contributed by atoms with van der Waals surface area (Å²) >= 11 is 3.41. The Labute approximate surface area is 131 Å². The average molecular weight is 341 g/mol. The van der Waals surface area contributed by atoms with Crippen LogP contribution in [0.15, 0.2) is 47.2 Å². The van der Waals surface area contributed by atoms with Crippen molar-refractivity contribution in [1.82, 2.24) is 9.97 Å². The van der Waals surface area contributed by atoms with Crippen LogP contribution in [-0.4, -0.2) is 9.97 Å². The second-order valence-electron chi connectivity index (χ2n) is 5.22. The number of halogens is 1. The van der Waals surface area contributed by atoms with Crippen LogP contribution in [0.25, 0.3) is 11.0 Å². The van der Waals surface area contributed by atoms with Gasteiger partial charge in [0, 0.05) is 22.9 Å². The maximum atomic E-state index is 6.04. The summed E-state index contributed by atoms with van der Waals surface area (Å²) in [5.41, 5.74) is 4.45. The predicted octanol–water partition coefficient (Wildman–Crippen LogP) is 4.67. The first-order chi connectivity index (χ1) is 10.3. The monoisotopic (exact) mass is 340 g/mol. The number of pyridine rings is 2. The van der Waals surface area contributed by atoms with E-state index in [-0.39, 0.29) is 0 Å². The number of rotatable bonds is 2. The van der Waals surface area contributed by atoms with E-state index in [9.17, 15) is 0 Å². The fourth-order valence-corrected chi connectivity index (χ4v) is 3.12. The van der Waals surface area contributed by atoms with Crippen LogP contribution in [0.5, 0.6) is 11.5 Å². The molecule has 21 heavy (non-hydrogen) atoms. The van der Waals surface area contributed by atoms with Crippen LogP contribution < -0.4 is 4.74 Å². The molecule has 4 heteroatoms. The topological polar surface area (TPSA) is 35.0 Å². The molecule has 0 spiro atoms. The molecule has 0 saturated heterocycles. The lowest BCUT2D eigenvalue weighted by atomic mass is 10.1. The van der Waals surface area contributed by atoms with Gasteiger partial charge in [-0.15, -0.1) is 0 Å². The van der Waals surface area contributed by atoms with Crippen molar-refractivity contribution in [2.45, 2.75) is 19.3 Å². The molecule has 0 bridgehead atoms. The number of hydrogen-bond acceptors (Lipinski definition) is 3. The fourth-order valence-electron chi connectivity index (χ4n) is 2.80. The summed E-state index contributed by atoms with van der Waals surface area (Å²) < 4.78 is 6.95. The van der Waals surface area contributed by atoms with Crippen molar-refractivity contribution in [3.63, 3.8) is 0 Å². The molecular formula is C17H13BrN2O. The second-order valence-corrected chi connectivity index (χ2v) is 6.13. The second kappa shape index (κ2) is 5.11. The minimum atomic E-state index is 0.741. The van der Waals surface area contributed by atoms with Crippen LogP contribution in [-0.2, 0) is 12.8 Å². The van der Waals surface area contributed by atoms with Gasteiger partial charge in [-0.3, -0.25) is 4.98 Å². The summed E-state index contributed by atoms with van der Waals surface area (Å²) in [5, 5.41) is 0. The smallest absolute Gasteiger partial charge is 0.156 e. The zero-order valence-electron chi connectivity index (χ0n) is 11.3. The summed E-state index contributed by atoms with van der Waals surface area (Å²) in [6, 6.07) is 10.2. The van der Waals surface area contributed by atoms with Gasteiger partial charge in [-0.05, 0) is 64.5 Å². The van der Waals surface area contributed by atoms with Gasteiger partial charge in [-0.25, -0.2) is 4.98 Å². The molecule has 0 fully saturated rings. The van der Waals surface area contributed by atoms with Gasteiger partial charge in [-0.1, -0.05) is 6.07 Å². The lowest BCUT2D eigenvalue weighted by molar-refractivity contribution is 0.486. The van der Waals surface area contributed by atoms with Crippen molar-refractivity contribution in [1.29, 1.82) is 0 Å². The van der Waals surface area contributed by atoms with E-state index >= 15 is 0 Å². The molecule has 2 aromatic heterocycles. The van der Waals surface area contributed by atoms with Crippen LogP contribution in [0.3, 0.4) is 0 Å². The molecule has 3 nitrogen and oxygen atoms in total. The summed E-state index contributed by atoms with van der Waals surface area (Å²) in [6.45, 7) is 0. The minimum absolute atomic E-state index is 0.741. The van der Waals surface area contributed by atoms with E-state index in [1.807, 2.05) is 18.2 Å². The Balaban J connectivity index is 1.74. The first-order valence-corrected chi connectivity index (χ1v) is 7.79. The van der Waals surface area contributed by atoms with Gasteiger partial charge in [0.2, 0.25) is 0 Å². The van der Waals surface area contributed by atoms with E-state index in [1.54, 1.807) is 12.4 Å². The molecule has 0 N–H and O–H groups in total. The van der Waals surface area contributed by atoms with Crippen molar-refractivity contribution in [2.24, 2.45) is 0 Å². The highest BCUT2D eigenvalue weighted by Crippen LogP contribution is 2.31. The number of hydrogen-bond donors (Lipinski definition) is 0. The number of fused-ring (bicyclic) bond motifs is 2. The van der Waals surface area contributed by atoms with Gasteiger partial charge < -0.3 is 4.74 Å². The molecule has 1 aromatic carbocycles. The first-order valence-electron chi connectivity index (χ1n) is 6.99. The molecule has 0 unspecified atom stereocenters. The molecule has 3 aromatic rings. The lowest BCUT2D eigenvalue weighted by Crippen LogP contribution is -1.91. The van der Waals surface area contributed by atoms with E-state index in [2.05, 4.69) is 38.0 Å². The van der Waals surface area contributed by atoms with Gasteiger partial charge in [0.25, 0.3) is 0 Å². The Morgan fingerprint density at radius 1 is 1.00 bits per heavy atom. The number of aryl methyl sites for hydroxylation is 2. The first kappa shape index (κ1) is 12.8.